The van der Waals surface area contributed by atoms with Crippen LogP contribution in [0.5, 0.6) is 0 Å². The summed E-state index contributed by atoms with van der Waals surface area (Å²) in [6.07, 6.45) is 0.0801. The number of benzene rings is 1. The van der Waals surface area contributed by atoms with Crippen molar-refractivity contribution in [3.05, 3.63) is 35.4 Å². The van der Waals surface area contributed by atoms with Crippen LogP contribution in [0.1, 0.15) is 32.8 Å². The second kappa shape index (κ2) is 10.8. The summed E-state index contributed by atoms with van der Waals surface area (Å²) in [6.45, 7) is 5.66. The normalized spacial score (nSPS) is 12.1. The van der Waals surface area contributed by atoms with Gasteiger partial charge in [-0.15, -0.1) is 0 Å². The maximum atomic E-state index is 13.4. The maximum Gasteiger partial charge on any atom is 0.335 e. The van der Waals surface area contributed by atoms with Crippen LogP contribution < -0.4 is 5.32 Å². The Balaban J connectivity index is 2.25. The van der Waals surface area contributed by atoms with Crippen molar-refractivity contribution in [3.8, 4) is 0 Å². The summed E-state index contributed by atoms with van der Waals surface area (Å²) in [5.74, 6) is -2.02. The third kappa shape index (κ3) is 8.07. The number of carbonyl (C=O) groups excluding carboxylic acids is 2. The molecule has 0 saturated heterocycles. The number of carbonyl (C=O) groups is 2. The molecule has 0 fully saturated rings. The van der Waals surface area contributed by atoms with Gasteiger partial charge in [0.25, 0.3) is 5.91 Å². The van der Waals surface area contributed by atoms with Crippen LogP contribution in [0.2, 0.25) is 0 Å². The molecule has 1 amide bonds. The van der Waals surface area contributed by atoms with E-state index < -0.39 is 36.2 Å². The van der Waals surface area contributed by atoms with Gasteiger partial charge in [0.2, 0.25) is 0 Å². The first-order valence-corrected chi connectivity index (χ1v) is 8.29. The lowest BCUT2D eigenvalue weighted by molar-refractivity contribution is -0.159. The lowest BCUT2D eigenvalue weighted by Gasteiger charge is -2.13. The predicted molar refractivity (Wildman–Crippen MR) is 88.9 cm³/mol. The van der Waals surface area contributed by atoms with Crippen LogP contribution in [0.4, 0.5) is 8.78 Å². The minimum atomic E-state index is -0.751. The molecule has 1 rings (SSSR count). The first-order chi connectivity index (χ1) is 11.8. The Hall–Kier alpha value is -2.02. The van der Waals surface area contributed by atoms with Gasteiger partial charge in [-0.2, -0.15) is 0 Å². The maximum absolute atomic E-state index is 13.4. The van der Waals surface area contributed by atoms with Gasteiger partial charge >= 0.3 is 5.97 Å². The van der Waals surface area contributed by atoms with Gasteiger partial charge in [-0.1, -0.05) is 19.9 Å². The van der Waals surface area contributed by atoms with Gasteiger partial charge in [-0.05, 0) is 37.8 Å². The smallest absolute Gasteiger partial charge is 0.335 e. The molecule has 0 aliphatic carbocycles. The fourth-order valence-corrected chi connectivity index (χ4v) is 1.95. The number of rotatable bonds is 10. The van der Waals surface area contributed by atoms with Crippen LogP contribution in [0.25, 0.3) is 0 Å². The third-order valence-electron chi connectivity index (χ3n) is 3.50. The van der Waals surface area contributed by atoms with Crippen molar-refractivity contribution < 1.29 is 27.8 Å². The van der Waals surface area contributed by atoms with Crippen LogP contribution in [0.15, 0.2) is 18.2 Å². The summed E-state index contributed by atoms with van der Waals surface area (Å²) >= 11 is 0. The molecule has 0 spiro atoms. The largest absolute Gasteiger partial charge is 0.454 e. The van der Waals surface area contributed by atoms with Crippen LogP contribution >= 0.6 is 0 Å². The van der Waals surface area contributed by atoms with Gasteiger partial charge in [0.1, 0.15) is 11.6 Å². The van der Waals surface area contributed by atoms with Gasteiger partial charge in [0.15, 0.2) is 12.7 Å². The van der Waals surface area contributed by atoms with E-state index in [0.717, 1.165) is 18.6 Å². The van der Waals surface area contributed by atoms with Gasteiger partial charge in [0, 0.05) is 18.7 Å². The third-order valence-corrected chi connectivity index (χ3v) is 3.50. The zero-order valence-corrected chi connectivity index (χ0v) is 14.8. The number of hydrogen-bond acceptors (Lipinski definition) is 4. The molecule has 5 nitrogen and oxygen atoms in total. The fraction of sp³-hybridized carbons (Fsp3) is 0.556. The van der Waals surface area contributed by atoms with E-state index in [1.54, 1.807) is 6.92 Å². The summed E-state index contributed by atoms with van der Waals surface area (Å²) in [5.41, 5.74) is -0.0908. The highest BCUT2D eigenvalue weighted by atomic mass is 19.1. The first-order valence-electron chi connectivity index (χ1n) is 8.29. The number of ether oxygens (including phenoxy) is 2. The van der Waals surface area contributed by atoms with Crippen LogP contribution in [-0.4, -0.2) is 37.7 Å². The molecule has 140 valence electrons. The molecule has 0 aromatic heterocycles. The average molecular weight is 357 g/mol. The monoisotopic (exact) mass is 357 g/mol. The van der Waals surface area contributed by atoms with Crippen LogP contribution in [-0.2, 0) is 25.5 Å². The second-order valence-corrected chi connectivity index (χ2v) is 6.10. The number of hydrogen-bond donors (Lipinski definition) is 1. The number of esters is 1. The van der Waals surface area contributed by atoms with E-state index in [4.69, 9.17) is 9.47 Å². The van der Waals surface area contributed by atoms with Crippen molar-refractivity contribution in [3.63, 3.8) is 0 Å². The molecule has 0 radical (unpaired) electrons. The number of amides is 1. The number of halogens is 2. The SMILES string of the molecule is CC(C)CCOC(C)C(=O)OCC(=O)NCCc1c(F)cccc1F. The van der Waals surface area contributed by atoms with Crippen molar-refractivity contribution in [2.24, 2.45) is 5.92 Å². The van der Waals surface area contributed by atoms with Crippen molar-refractivity contribution in [1.29, 1.82) is 0 Å². The topological polar surface area (TPSA) is 64.6 Å². The lowest BCUT2D eigenvalue weighted by Crippen LogP contribution is -2.33. The summed E-state index contributed by atoms with van der Waals surface area (Å²) < 4.78 is 37.0. The molecular weight excluding hydrogens is 332 g/mol. The Morgan fingerprint density at radius 1 is 1.16 bits per heavy atom. The van der Waals surface area contributed by atoms with E-state index in [1.165, 1.54) is 6.07 Å². The van der Waals surface area contributed by atoms with Crippen molar-refractivity contribution in [2.45, 2.75) is 39.7 Å². The Morgan fingerprint density at radius 2 is 1.80 bits per heavy atom. The van der Waals surface area contributed by atoms with E-state index in [2.05, 4.69) is 5.32 Å². The molecule has 1 atom stereocenters. The number of nitrogens with one attached hydrogen (secondary N) is 1. The average Bonchev–Trinajstić information content (AvgIpc) is 2.54. The lowest BCUT2D eigenvalue weighted by atomic mass is 10.1. The molecule has 1 aromatic rings. The Morgan fingerprint density at radius 3 is 2.40 bits per heavy atom. The predicted octanol–water partition coefficient (Wildman–Crippen LogP) is 2.62. The fourth-order valence-electron chi connectivity index (χ4n) is 1.95. The van der Waals surface area contributed by atoms with E-state index in [0.29, 0.717) is 12.5 Å². The molecule has 0 aliphatic heterocycles. The minimum Gasteiger partial charge on any atom is -0.454 e. The molecule has 7 heteroatoms. The van der Waals surface area contributed by atoms with E-state index in [9.17, 15) is 18.4 Å². The molecule has 0 saturated carbocycles. The summed E-state index contributed by atoms with van der Waals surface area (Å²) in [7, 11) is 0. The highest BCUT2D eigenvalue weighted by Gasteiger charge is 2.16. The second-order valence-electron chi connectivity index (χ2n) is 6.10. The minimum absolute atomic E-state index is 0.00685. The molecule has 0 aliphatic rings. The summed E-state index contributed by atoms with van der Waals surface area (Å²) in [5, 5.41) is 2.45. The Labute approximate surface area is 146 Å². The molecule has 25 heavy (non-hydrogen) atoms. The van der Waals surface area contributed by atoms with Gasteiger partial charge in [-0.3, -0.25) is 4.79 Å². The summed E-state index contributed by atoms with van der Waals surface area (Å²) in [6, 6.07) is 3.59. The zero-order valence-electron chi connectivity index (χ0n) is 14.8. The highest BCUT2D eigenvalue weighted by Crippen LogP contribution is 2.12. The quantitative estimate of drug-likeness (QED) is 0.654. The molecular formula is C18H25F2NO4. The van der Waals surface area contributed by atoms with Gasteiger partial charge in [-0.25, -0.2) is 13.6 Å². The Bertz CT molecular complexity index is 558. The molecule has 1 unspecified atom stereocenters. The van der Waals surface area contributed by atoms with E-state index >= 15 is 0 Å². The first kappa shape index (κ1) is 21.0. The van der Waals surface area contributed by atoms with Crippen LogP contribution in [0.3, 0.4) is 0 Å². The van der Waals surface area contributed by atoms with Gasteiger partial charge < -0.3 is 14.8 Å². The molecule has 1 N–H and O–H groups in total. The van der Waals surface area contributed by atoms with Crippen molar-refractivity contribution >= 4 is 11.9 Å². The standard InChI is InChI=1S/C18H25F2NO4/c1-12(2)8-10-24-13(3)18(23)25-11-17(22)21-9-7-14-15(19)5-4-6-16(14)20/h4-6,12-13H,7-11H2,1-3H3,(H,21,22). The molecule has 0 bridgehead atoms. The van der Waals surface area contributed by atoms with Gasteiger partial charge in [0.05, 0.1) is 0 Å². The zero-order chi connectivity index (χ0) is 18.8. The summed E-state index contributed by atoms with van der Waals surface area (Å²) in [4.78, 5) is 23.3. The van der Waals surface area contributed by atoms with Crippen molar-refractivity contribution in [2.75, 3.05) is 19.8 Å². The van der Waals surface area contributed by atoms with Crippen molar-refractivity contribution in [1.82, 2.24) is 5.32 Å². The molecule has 0 heterocycles. The highest BCUT2D eigenvalue weighted by molar-refractivity contribution is 5.81. The molecule has 1 aromatic carbocycles. The van der Waals surface area contributed by atoms with Crippen LogP contribution in [0, 0.1) is 17.6 Å². The van der Waals surface area contributed by atoms with E-state index in [1.807, 2.05) is 13.8 Å². The van der Waals surface area contributed by atoms with E-state index in [-0.39, 0.29) is 18.5 Å². The Kier molecular flexibility index (Phi) is 9.05.